The number of carboxylic acids is 1. The van der Waals surface area contributed by atoms with Crippen molar-refractivity contribution in [1.29, 1.82) is 0 Å². The normalized spacial score (nSPS) is 25.6. The summed E-state index contributed by atoms with van der Waals surface area (Å²) in [6.45, 7) is 6.47. The number of rotatable bonds is 3. The second-order valence-corrected chi connectivity index (χ2v) is 7.02. The van der Waals surface area contributed by atoms with Crippen LogP contribution >= 0.6 is 0 Å². The monoisotopic (exact) mass is 282 g/mol. The molecule has 1 saturated carbocycles. The van der Waals surface area contributed by atoms with Crippen LogP contribution in [0.2, 0.25) is 0 Å². The zero-order chi connectivity index (χ0) is 15.0. The number of carbonyl (C=O) groups is 2. The minimum absolute atomic E-state index is 0.00970. The molecule has 1 N–H and O–H groups in total. The van der Waals surface area contributed by atoms with Gasteiger partial charge in [-0.15, -0.1) is 0 Å². The molecule has 0 aromatic rings. The first-order valence-corrected chi connectivity index (χ1v) is 7.49. The van der Waals surface area contributed by atoms with E-state index in [1.165, 1.54) is 0 Å². The van der Waals surface area contributed by atoms with Crippen LogP contribution in [-0.4, -0.2) is 59.0 Å². The van der Waals surface area contributed by atoms with E-state index in [1.807, 2.05) is 4.90 Å². The fourth-order valence-corrected chi connectivity index (χ4v) is 3.37. The van der Waals surface area contributed by atoms with Crippen molar-refractivity contribution in [1.82, 2.24) is 9.80 Å². The minimum Gasteiger partial charge on any atom is -0.481 e. The van der Waals surface area contributed by atoms with Gasteiger partial charge in [-0.2, -0.15) is 0 Å². The van der Waals surface area contributed by atoms with Gasteiger partial charge in [-0.3, -0.25) is 14.5 Å². The largest absolute Gasteiger partial charge is 0.481 e. The second-order valence-electron chi connectivity index (χ2n) is 7.02. The van der Waals surface area contributed by atoms with Crippen molar-refractivity contribution in [2.45, 2.75) is 51.5 Å². The van der Waals surface area contributed by atoms with Gasteiger partial charge in [0.25, 0.3) is 0 Å². The second kappa shape index (κ2) is 5.35. The highest BCUT2D eigenvalue weighted by molar-refractivity contribution is 5.85. The summed E-state index contributed by atoms with van der Waals surface area (Å²) in [5, 5.41) is 9.48. The Kier molecular flexibility index (Phi) is 4.09. The number of hydrogen-bond donors (Lipinski definition) is 1. The summed E-state index contributed by atoms with van der Waals surface area (Å²) in [4.78, 5) is 28.1. The summed E-state index contributed by atoms with van der Waals surface area (Å²) in [6, 6.07) is 0. The van der Waals surface area contributed by atoms with Gasteiger partial charge in [0.05, 0.1) is 5.41 Å². The number of aliphatic carboxylic acids is 1. The first-order valence-electron chi connectivity index (χ1n) is 7.49. The molecule has 0 aromatic heterocycles. The van der Waals surface area contributed by atoms with Gasteiger partial charge in [-0.25, -0.2) is 0 Å². The molecule has 0 radical (unpaired) electrons. The number of carbonyl (C=O) groups excluding carboxylic acids is 1. The maximum atomic E-state index is 12.5. The molecule has 5 heteroatoms. The number of likely N-dealkylation sites (N-methyl/N-ethyl adjacent to an activating group) is 1. The maximum Gasteiger partial charge on any atom is 0.310 e. The average molecular weight is 282 g/mol. The van der Waals surface area contributed by atoms with Crippen LogP contribution in [0.1, 0.15) is 46.0 Å². The lowest BCUT2D eigenvalue weighted by Gasteiger charge is -2.45. The van der Waals surface area contributed by atoms with Crippen LogP contribution in [0.25, 0.3) is 0 Å². The predicted octanol–water partition coefficient (Wildman–Crippen LogP) is 1.57. The van der Waals surface area contributed by atoms with Crippen molar-refractivity contribution in [3.63, 3.8) is 0 Å². The molecule has 1 heterocycles. The van der Waals surface area contributed by atoms with Gasteiger partial charge >= 0.3 is 5.97 Å². The lowest BCUT2D eigenvalue weighted by Crippen LogP contribution is -2.59. The van der Waals surface area contributed by atoms with E-state index in [0.717, 1.165) is 19.4 Å². The first kappa shape index (κ1) is 15.3. The van der Waals surface area contributed by atoms with Crippen molar-refractivity contribution in [3.05, 3.63) is 0 Å². The highest BCUT2D eigenvalue weighted by atomic mass is 16.4. The van der Waals surface area contributed by atoms with E-state index in [1.54, 1.807) is 0 Å². The molecular formula is C15H26N2O3. The molecule has 0 spiro atoms. The first-order chi connectivity index (χ1) is 9.27. The van der Waals surface area contributed by atoms with E-state index < -0.39 is 11.4 Å². The highest BCUT2D eigenvalue weighted by Gasteiger charge is 2.44. The standard InChI is InChI=1S/C15H26N2O3/c1-14(2)11-17(9-8-16(14)3)12(18)10-15(13(19)20)6-4-5-7-15/h4-11H2,1-3H3,(H,19,20). The molecule has 0 unspecified atom stereocenters. The Morgan fingerprint density at radius 3 is 2.25 bits per heavy atom. The lowest BCUT2D eigenvalue weighted by molar-refractivity contribution is -0.154. The third-order valence-corrected chi connectivity index (χ3v) is 5.17. The van der Waals surface area contributed by atoms with Gasteiger partial charge in [0.2, 0.25) is 5.91 Å². The molecule has 114 valence electrons. The molecule has 0 atom stereocenters. The molecular weight excluding hydrogens is 256 g/mol. The van der Waals surface area contributed by atoms with Crippen LogP contribution in [0.3, 0.4) is 0 Å². The molecule has 1 aliphatic carbocycles. The van der Waals surface area contributed by atoms with Gasteiger partial charge in [0.15, 0.2) is 0 Å². The number of amides is 1. The van der Waals surface area contributed by atoms with Gasteiger partial charge in [-0.1, -0.05) is 12.8 Å². The highest BCUT2D eigenvalue weighted by Crippen LogP contribution is 2.42. The van der Waals surface area contributed by atoms with Crippen molar-refractivity contribution in [3.8, 4) is 0 Å². The lowest BCUT2D eigenvalue weighted by atomic mass is 9.82. The maximum absolute atomic E-state index is 12.5. The summed E-state index contributed by atoms with van der Waals surface area (Å²) in [6.07, 6.45) is 3.31. The van der Waals surface area contributed by atoms with Crippen molar-refractivity contribution in [2.75, 3.05) is 26.7 Å². The van der Waals surface area contributed by atoms with E-state index >= 15 is 0 Å². The molecule has 1 saturated heterocycles. The Labute approximate surface area is 120 Å². The number of carboxylic acid groups (broad SMARTS) is 1. The molecule has 20 heavy (non-hydrogen) atoms. The third-order valence-electron chi connectivity index (χ3n) is 5.17. The number of piperazine rings is 1. The molecule has 5 nitrogen and oxygen atoms in total. The Bertz CT molecular complexity index is 400. The van der Waals surface area contributed by atoms with Crippen LogP contribution in [0.15, 0.2) is 0 Å². The Morgan fingerprint density at radius 2 is 1.75 bits per heavy atom. The van der Waals surface area contributed by atoms with Crippen LogP contribution in [0.4, 0.5) is 0 Å². The third kappa shape index (κ3) is 2.82. The molecule has 2 aliphatic rings. The summed E-state index contributed by atoms with van der Waals surface area (Å²) in [7, 11) is 2.07. The van der Waals surface area contributed by atoms with Gasteiger partial charge < -0.3 is 10.0 Å². The van der Waals surface area contributed by atoms with E-state index in [-0.39, 0.29) is 17.9 Å². The van der Waals surface area contributed by atoms with Crippen molar-refractivity contribution in [2.24, 2.45) is 5.41 Å². The number of nitrogens with zero attached hydrogens (tertiary/aromatic N) is 2. The zero-order valence-corrected chi connectivity index (χ0v) is 12.8. The SMILES string of the molecule is CN1CCN(C(=O)CC2(C(=O)O)CCCC2)CC1(C)C. The smallest absolute Gasteiger partial charge is 0.310 e. The van der Waals surface area contributed by atoms with Gasteiger partial charge in [0, 0.05) is 31.6 Å². The minimum atomic E-state index is -0.801. The summed E-state index contributed by atoms with van der Waals surface area (Å²) in [5.41, 5.74) is -0.843. The topological polar surface area (TPSA) is 60.9 Å². The van der Waals surface area contributed by atoms with Crippen molar-refractivity contribution >= 4 is 11.9 Å². The number of hydrogen-bond acceptors (Lipinski definition) is 3. The van der Waals surface area contributed by atoms with Crippen molar-refractivity contribution < 1.29 is 14.7 Å². The average Bonchev–Trinajstić information content (AvgIpc) is 2.82. The van der Waals surface area contributed by atoms with E-state index in [9.17, 15) is 14.7 Å². The Balaban J connectivity index is 2.03. The summed E-state index contributed by atoms with van der Waals surface area (Å²) >= 11 is 0. The van der Waals surface area contributed by atoms with Gasteiger partial charge in [0.1, 0.15) is 0 Å². The molecule has 0 bridgehead atoms. The zero-order valence-electron chi connectivity index (χ0n) is 12.8. The van der Waals surface area contributed by atoms with E-state index in [0.29, 0.717) is 25.9 Å². The summed E-state index contributed by atoms with van der Waals surface area (Å²) in [5.74, 6) is -0.785. The van der Waals surface area contributed by atoms with Crippen LogP contribution in [-0.2, 0) is 9.59 Å². The molecule has 2 fully saturated rings. The molecule has 0 aromatic carbocycles. The van der Waals surface area contributed by atoms with Crippen LogP contribution < -0.4 is 0 Å². The quantitative estimate of drug-likeness (QED) is 0.853. The molecule has 2 rings (SSSR count). The Hall–Kier alpha value is -1.10. The predicted molar refractivity (Wildman–Crippen MR) is 76.4 cm³/mol. The summed E-state index contributed by atoms with van der Waals surface area (Å²) < 4.78 is 0. The fraction of sp³-hybridized carbons (Fsp3) is 0.867. The molecule has 1 amide bonds. The van der Waals surface area contributed by atoms with Crippen LogP contribution in [0.5, 0.6) is 0 Å². The van der Waals surface area contributed by atoms with E-state index in [4.69, 9.17) is 0 Å². The van der Waals surface area contributed by atoms with E-state index in [2.05, 4.69) is 25.8 Å². The van der Waals surface area contributed by atoms with Crippen LogP contribution in [0, 0.1) is 5.41 Å². The van der Waals surface area contributed by atoms with Gasteiger partial charge in [-0.05, 0) is 33.7 Å². The molecule has 1 aliphatic heterocycles. The Morgan fingerprint density at radius 1 is 1.15 bits per heavy atom. The fourth-order valence-electron chi connectivity index (χ4n) is 3.37.